The van der Waals surface area contributed by atoms with Crippen LogP contribution in [-0.2, 0) is 9.59 Å². The smallest absolute Gasteiger partial charge is 0.180 e. The van der Waals surface area contributed by atoms with Gasteiger partial charge in [0, 0.05) is 10.0 Å². The van der Waals surface area contributed by atoms with Gasteiger partial charge in [-0.15, -0.1) is 0 Å². The SMILES string of the molecule is C=C1C(=O)C(C)(C)C(=O)C(c2cc(-c3cc(Cl)cc(Cl)c3)ccc2C)=C1O. The fraction of sp³-hybridized carbons (Fsp3) is 0.182. The maximum atomic E-state index is 13.0. The van der Waals surface area contributed by atoms with Gasteiger partial charge in [0.05, 0.1) is 16.6 Å². The van der Waals surface area contributed by atoms with Crippen LogP contribution in [0, 0.1) is 12.3 Å². The summed E-state index contributed by atoms with van der Waals surface area (Å²) in [5, 5.41) is 11.5. The van der Waals surface area contributed by atoms with Gasteiger partial charge in [-0.25, -0.2) is 0 Å². The summed E-state index contributed by atoms with van der Waals surface area (Å²) < 4.78 is 0. The fourth-order valence-electron chi connectivity index (χ4n) is 3.20. The predicted molar refractivity (Wildman–Crippen MR) is 109 cm³/mol. The van der Waals surface area contributed by atoms with Gasteiger partial charge >= 0.3 is 0 Å². The number of Topliss-reactive ketones (excluding diaryl/α,β-unsaturated/α-hetero) is 2. The van der Waals surface area contributed by atoms with Gasteiger partial charge in [0.2, 0.25) is 0 Å². The normalized spacial score (nSPS) is 16.9. The van der Waals surface area contributed by atoms with E-state index >= 15 is 0 Å². The lowest BCUT2D eigenvalue weighted by Gasteiger charge is -2.30. The molecule has 0 aliphatic heterocycles. The molecule has 0 radical (unpaired) electrons. The minimum Gasteiger partial charge on any atom is -0.506 e. The van der Waals surface area contributed by atoms with Gasteiger partial charge in [0.25, 0.3) is 0 Å². The van der Waals surface area contributed by atoms with E-state index < -0.39 is 17.0 Å². The van der Waals surface area contributed by atoms with E-state index in [4.69, 9.17) is 23.2 Å². The highest BCUT2D eigenvalue weighted by Gasteiger charge is 2.46. The molecular formula is C22H18Cl2O3. The van der Waals surface area contributed by atoms with Gasteiger partial charge in [-0.05, 0) is 67.3 Å². The molecule has 5 heteroatoms. The molecule has 0 aromatic heterocycles. The molecule has 0 fully saturated rings. The molecule has 3 nitrogen and oxygen atoms in total. The Morgan fingerprint density at radius 3 is 2.11 bits per heavy atom. The number of aliphatic hydroxyl groups is 1. The van der Waals surface area contributed by atoms with Crippen molar-refractivity contribution in [1.82, 2.24) is 0 Å². The van der Waals surface area contributed by atoms with Crippen molar-refractivity contribution >= 4 is 40.3 Å². The zero-order valence-corrected chi connectivity index (χ0v) is 16.7. The molecule has 1 N–H and O–H groups in total. The van der Waals surface area contributed by atoms with Crippen LogP contribution in [0.15, 0.2) is 54.3 Å². The Morgan fingerprint density at radius 1 is 0.926 bits per heavy atom. The van der Waals surface area contributed by atoms with Crippen LogP contribution in [0.5, 0.6) is 0 Å². The van der Waals surface area contributed by atoms with Gasteiger partial charge in [-0.3, -0.25) is 9.59 Å². The van der Waals surface area contributed by atoms with E-state index in [2.05, 4.69) is 6.58 Å². The summed E-state index contributed by atoms with van der Waals surface area (Å²) in [5.74, 6) is -1.26. The number of halogens is 2. The zero-order chi connectivity index (χ0) is 20.1. The van der Waals surface area contributed by atoms with Crippen LogP contribution < -0.4 is 0 Å². The summed E-state index contributed by atoms with van der Waals surface area (Å²) in [4.78, 5) is 25.3. The van der Waals surface area contributed by atoms with Gasteiger partial charge in [0.1, 0.15) is 5.76 Å². The minimum absolute atomic E-state index is 0.0507. The van der Waals surface area contributed by atoms with Gasteiger partial charge in [0.15, 0.2) is 11.6 Å². The second-order valence-corrected chi connectivity index (χ2v) is 8.05. The summed E-state index contributed by atoms with van der Waals surface area (Å²) in [6.45, 7) is 8.60. The lowest BCUT2D eigenvalue weighted by molar-refractivity contribution is -0.133. The third-order valence-electron chi connectivity index (χ3n) is 4.86. The fourth-order valence-corrected chi connectivity index (χ4v) is 3.73. The van der Waals surface area contributed by atoms with Crippen LogP contribution >= 0.6 is 23.2 Å². The number of carbonyl (C=O) groups is 2. The van der Waals surface area contributed by atoms with Crippen molar-refractivity contribution in [2.75, 3.05) is 0 Å². The molecule has 0 heterocycles. The summed E-state index contributed by atoms with van der Waals surface area (Å²) >= 11 is 12.2. The van der Waals surface area contributed by atoms with E-state index in [-0.39, 0.29) is 16.9 Å². The van der Waals surface area contributed by atoms with E-state index in [1.54, 1.807) is 38.1 Å². The standard InChI is InChI=1S/C22H18Cl2O3/c1-11-5-6-13(14-7-15(23)10-16(24)8-14)9-17(11)18-19(25)12(2)20(26)22(3,4)21(18)27/h5-10,25H,2H2,1,3-4H3. The van der Waals surface area contributed by atoms with Crippen molar-refractivity contribution in [3.8, 4) is 11.1 Å². The van der Waals surface area contributed by atoms with Gasteiger partial charge in [-0.1, -0.05) is 41.9 Å². The van der Waals surface area contributed by atoms with Gasteiger partial charge in [-0.2, -0.15) is 0 Å². The average molecular weight is 401 g/mol. The highest BCUT2D eigenvalue weighted by molar-refractivity contribution is 6.37. The molecule has 0 unspecified atom stereocenters. The van der Waals surface area contributed by atoms with Crippen LogP contribution in [-0.4, -0.2) is 16.7 Å². The van der Waals surface area contributed by atoms with E-state index in [1.807, 2.05) is 19.1 Å². The topological polar surface area (TPSA) is 54.4 Å². The minimum atomic E-state index is -1.28. The number of hydrogen-bond acceptors (Lipinski definition) is 3. The first-order valence-electron chi connectivity index (χ1n) is 8.33. The summed E-state index contributed by atoms with van der Waals surface area (Å²) in [6.07, 6.45) is 0. The molecule has 1 aliphatic carbocycles. The highest BCUT2D eigenvalue weighted by atomic mass is 35.5. The first-order valence-corrected chi connectivity index (χ1v) is 9.09. The van der Waals surface area contributed by atoms with Crippen molar-refractivity contribution in [3.63, 3.8) is 0 Å². The summed E-state index contributed by atoms with van der Waals surface area (Å²) in [5.41, 5.74) is 1.69. The first kappa shape index (κ1) is 19.4. The van der Waals surface area contributed by atoms with Crippen molar-refractivity contribution in [3.05, 3.63) is 75.5 Å². The second-order valence-electron chi connectivity index (χ2n) is 7.17. The largest absolute Gasteiger partial charge is 0.506 e. The summed E-state index contributed by atoms with van der Waals surface area (Å²) in [6, 6.07) is 10.7. The molecule has 3 rings (SSSR count). The Balaban J connectivity index is 2.24. The summed E-state index contributed by atoms with van der Waals surface area (Å²) in [7, 11) is 0. The molecule has 0 atom stereocenters. The number of aliphatic hydroxyl groups excluding tert-OH is 1. The zero-order valence-electron chi connectivity index (χ0n) is 15.2. The lowest BCUT2D eigenvalue weighted by Crippen LogP contribution is -2.39. The monoisotopic (exact) mass is 400 g/mol. The van der Waals surface area contributed by atoms with Crippen molar-refractivity contribution in [2.24, 2.45) is 5.41 Å². The number of allylic oxidation sites excluding steroid dienone is 2. The number of ketones is 2. The Hall–Kier alpha value is -2.36. The molecule has 0 saturated heterocycles. The first-order chi connectivity index (χ1) is 12.5. The van der Waals surface area contributed by atoms with E-state index in [0.29, 0.717) is 15.6 Å². The Kier molecular flexibility index (Phi) is 4.79. The van der Waals surface area contributed by atoms with Crippen LogP contribution in [0.2, 0.25) is 10.0 Å². The number of hydrogen-bond donors (Lipinski definition) is 1. The molecule has 138 valence electrons. The van der Waals surface area contributed by atoms with Crippen molar-refractivity contribution < 1.29 is 14.7 Å². The average Bonchev–Trinajstić information content (AvgIpc) is 2.59. The maximum absolute atomic E-state index is 13.0. The molecule has 1 aliphatic rings. The second kappa shape index (κ2) is 6.66. The molecule has 0 saturated carbocycles. The predicted octanol–water partition coefficient (Wildman–Crippen LogP) is 5.97. The van der Waals surface area contributed by atoms with Crippen LogP contribution in [0.3, 0.4) is 0 Å². The molecule has 0 amide bonds. The van der Waals surface area contributed by atoms with E-state index in [9.17, 15) is 14.7 Å². The van der Waals surface area contributed by atoms with Gasteiger partial charge < -0.3 is 5.11 Å². The van der Waals surface area contributed by atoms with Crippen LogP contribution in [0.1, 0.15) is 25.0 Å². The quantitative estimate of drug-likeness (QED) is 0.498. The molecule has 0 bridgehead atoms. The lowest BCUT2D eigenvalue weighted by atomic mass is 9.70. The molecule has 2 aromatic rings. The van der Waals surface area contributed by atoms with Crippen molar-refractivity contribution in [2.45, 2.75) is 20.8 Å². The third kappa shape index (κ3) is 3.22. The van der Waals surface area contributed by atoms with Crippen LogP contribution in [0.4, 0.5) is 0 Å². The molecule has 2 aromatic carbocycles. The van der Waals surface area contributed by atoms with Crippen LogP contribution in [0.25, 0.3) is 16.7 Å². The maximum Gasteiger partial charge on any atom is 0.180 e. The molecule has 0 spiro atoms. The highest BCUT2D eigenvalue weighted by Crippen LogP contribution is 2.41. The number of carbonyl (C=O) groups excluding carboxylic acids is 2. The Bertz CT molecular complexity index is 1030. The Labute approximate surface area is 167 Å². The number of rotatable bonds is 2. The number of benzene rings is 2. The van der Waals surface area contributed by atoms with Crippen molar-refractivity contribution in [1.29, 1.82) is 0 Å². The number of aryl methyl sites for hydroxylation is 1. The third-order valence-corrected chi connectivity index (χ3v) is 5.30. The Morgan fingerprint density at radius 2 is 1.52 bits per heavy atom. The molecular weight excluding hydrogens is 383 g/mol. The molecule has 27 heavy (non-hydrogen) atoms. The van der Waals surface area contributed by atoms with E-state index in [1.165, 1.54) is 0 Å². The van der Waals surface area contributed by atoms with E-state index in [0.717, 1.165) is 16.7 Å².